The molecule has 2 saturated heterocycles. The van der Waals surface area contributed by atoms with E-state index in [1.807, 2.05) is 18.2 Å². The van der Waals surface area contributed by atoms with E-state index in [9.17, 15) is 10.1 Å². The quantitative estimate of drug-likeness (QED) is 0.860. The topological polar surface area (TPSA) is 74.6 Å². The van der Waals surface area contributed by atoms with E-state index in [1.165, 1.54) is 0 Å². The third-order valence-corrected chi connectivity index (χ3v) is 5.73. The van der Waals surface area contributed by atoms with Gasteiger partial charge in [0.25, 0.3) is 0 Å². The highest BCUT2D eigenvalue weighted by Crippen LogP contribution is 2.40. The van der Waals surface area contributed by atoms with Crippen molar-refractivity contribution < 1.29 is 14.3 Å². The van der Waals surface area contributed by atoms with Gasteiger partial charge in [-0.1, -0.05) is 0 Å². The number of carbonyl (C=O) groups is 1. The van der Waals surface area contributed by atoms with Crippen LogP contribution in [-0.2, 0) is 4.79 Å². The van der Waals surface area contributed by atoms with E-state index in [0.717, 1.165) is 29.9 Å². The van der Waals surface area contributed by atoms with Gasteiger partial charge >= 0.3 is 0 Å². The van der Waals surface area contributed by atoms with Crippen LogP contribution in [0, 0.1) is 11.3 Å². The Labute approximate surface area is 158 Å². The summed E-state index contributed by atoms with van der Waals surface area (Å²) in [6.07, 6.45) is 1.67. The molecule has 8 heteroatoms. The first-order valence-corrected chi connectivity index (χ1v) is 9.02. The minimum atomic E-state index is -0.283. The molecule has 0 spiro atoms. The van der Waals surface area contributed by atoms with Gasteiger partial charge in [0.05, 0.1) is 31.7 Å². The zero-order chi connectivity index (χ0) is 17.1. The van der Waals surface area contributed by atoms with E-state index < -0.39 is 0 Å². The highest BCUT2D eigenvalue weighted by Gasteiger charge is 2.38. The number of carbonyl (C=O) groups excluding carboxylic acids is 1. The van der Waals surface area contributed by atoms with Crippen LogP contribution in [0.4, 0.5) is 0 Å². The van der Waals surface area contributed by atoms with Gasteiger partial charge in [-0.3, -0.25) is 10.1 Å². The molecule has 1 N–H and O–H groups in total. The average molecular weight is 384 g/mol. The number of benzene rings is 1. The van der Waals surface area contributed by atoms with Gasteiger partial charge in [0.2, 0.25) is 5.91 Å². The maximum Gasteiger partial charge on any atom is 0.241 e. The van der Waals surface area contributed by atoms with Crippen molar-refractivity contribution in [3.63, 3.8) is 0 Å². The number of nitriles is 1. The van der Waals surface area contributed by atoms with Gasteiger partial charge in [0.1, 0.15) is 17.5 Å². The Morgan fingerprint density at radius 1 is 1.40 bits per heavy atom. The van der Waals surface area contributed by atoms with Crippen LogP contribution >= 0.6 is 24.2 Å². The number of thioether (sulfide) groups is 1. The van der Waals surface area contributed by atoms with Gasteiger partial charge in [0.15, 0.2) is 0 Å². The summed E-state index contributed by atoms with van der Waals surface area (Å²) in [6.45, 7) is 0.674. The SMILES string of the molecule is COc1ccc(OC)c(C2N[C@H](C(=O)N3CCC[C@H]3C#N)CS2)c1.Cl. The fourth-order valence-corrected chi connectivity index (χ4v) is 4.45. The lowest BCUT2D eigenvalue weighted by Gasteiger charge is -2.23. The fourth-order valence-electron chi connectivity index (χ4n) is 3.20. The van der Waals surface area contributed by atoms with Crippen LogP contribution in [0.5, 0.6) is 11.5 Å². The zero-order valence-corrected chi connectivity index (χ0v) is 15.9. The minimum absolute atomic E-state index is 0. The number of nitrogens with one attached hydrogen (secondary N) is 1. The van der Waals surface area contributed by atoms with E-state index in [2.05, 4.69) is 11.4 Å². The molecule has 1 aromatic rings. The number of halogens is 1. The Morgan fingerprint density at radius 2 is 2.20 bits per heavy atom. The van der Waals surface area contributed by atoms with E-state index in [1.54, 1.807) is 30.9 Å². The molecule has 0 radical (unpaired) electrons. The van der Waals surface area contributed by atoms with Gasteiger partial charge in [0, 0.05) is 17.9 Å². The number of hydrogen-bond acceptors (Lipinski definition) is 6. The average Bonchev–Trinajstić information content (AvgIpc) is 3.29. The van der Waals surface area contributed by atoms with E-state index in [4.69, 9.17) is 9.47 Å². The van der Waals surface area contributed by atoms with E-state index in [0.29, 0.717) is 12.3 Å². The van der Waals surface area contributed by atoms with Crippen LogP contribution in [0.25, 0.3) is 0 Å². The number of methoxy groups -OCH3 is 2. The van der Waals surface area contributed by atoms with Crippen LogP contribution in [0.2, 0.25) is 0 Å². The van der Waals surface area contributed by atoms with Crippen molar-refractivity contribution in [2.45, 2.75) is 30.3 Å². The van der Waals surface area contributed by atoms with Crippen LogP contribution in [0.15, 0.2) is 18.2 Å². The molecule has 6 nitrogen and oxygen atoms in total. The Bertz CT molecular complexity index is 667. The molecule has 3 rings (SSSR count). The summed E-state index contributed by atoms with van der Waals surface area (Å²) in [7, 11) is 3.26. The molecular weight excluding hydrogens is 362 g/mol. The highest BCUT2D eigenvalue weighted by atomic mass is 35.5. The van der Waals surface area contributed by atoms with Crippen molar-refractivity contribution in [1.82, 2.24) is 10.2 Å². The monoisotopic (exact) mass is 383 g/mol. The van der Waals surface area contributed by atoms with Crippen LogP contribution in [-0.4, -0.2) is 49.4 Å². The molecule has 3 atom stereocenters. The molecule has 0 aliphatic carbocycles. The molecule has 1 amide bonds. The molecule has 1 unspecified atom stereocenters. The van der Waals surface area contributed by atoms with Crippen molar-refractivity contribution in [3.8, 4) is 17.6 Å². The summed E-state index contributed by atoms with van der Waals surface area (Å²) in [5.74, 6) is 2.23. The standard InChI is InChI=1S/C17H21N3O3S.ClH/c1-22-12-5-6-15(23-2)13(8-12)16-19-14(10-24-16)17(21)20-7-3-4-11(20)9-18;/h5-6,8,11,14,16,19H,3-4,7,10H2,1-2H3;1H/t11-,14-,16?;/m0./s1. The molecule has 2 aliphatic rings. The Balaban J connectivity index is 0.00000225. The summed E-state index contributed by atoms with van der Waals surface area (Å²) < 4.78 is 10.7. The van der Waals surface area contributed by atoms with Gasteiger partial charge < -0.3 is 14.4 Å². The fraction of sp³-hybridized carbons (Fsp3) is 0.529. The molecular formula is C17H22ClN3O3S. The Morgan fingerprint density at radius 3 is 2.88 bits per heavy atom. The van der Waals surface area contributed by atoms with E-state index in [-0.39, 0.29) is 35.8 Å². The first-order valence-electron chi connectivity index (χ1n) is 7.97. The van der Waals surface area contributed by atoms with Crippen molar-refractivity contribution in [2.75, 3.05) is 26.5 Å². The number of likely N-dealkylation sites (tertiary alicyclic amines) is 1. The number of hydrogen-bond donors (Lipinski definition) is 1. The van der Waals surface area contributed by atoms with Crippen molar-refractivity contribution in [1.29, 1.82) is 5.26 Å². The number of ether oxygens (including phenoxy) is 2. The second-order valence-electron chi connectivity index (χ2n) is 5.86. The zero-order valence-electron chi connectivity index (χ0n) is 14.2. The van der Waals surface area contributed by atoms with Crippen molar-refractivity contribution >= 4 is 30.1 Å². The highest BCUT2D eigenvalue weighted by molar-refractivity contribution is 7.99. The second-order valence-corrected chi connectivity index (χ2v) is 7.00. The van der Waals surface area contributed by atoms with Crippen LogP contribution in [0.1, 0.15) is 23.8 Å². The summed E-state index contributed by atoms with van der Waals surface area (Å²) >= 11 is 1.67. The third kappa shape index (κ3) is 3.97. The molecule has 25 heavy (non-hydrogen) atoms. The third-order valence-electron chi connectivity index (χ3n) is 4.48. The predicted molar refractivity (Wildman–Crippen MR) is 99.3 cm³/mol. The number of rotatable bonds is 4. The maximum absolute atomic E-state index is 12.7. The largest absolute Gasteiger partial charge is 0.497 e. The lowest BCUT2D eigenvalue weighted by molar-refractivity contribution is -0.132. The second kappa shape index (κ2) is 8.65. The predicted octanol–water partition coefficient (Wildman–Crippen LogP) is 2.34. The Kier molecular flexibility index (Phi) is 6.82. The van der Waals surface area contributed by atoms with Crippen LogP contribution < -0.4 is 14.8 Å². The van der Waals surface area contributed by atoms with Gasteiger partial charge in [-0.05, 0) is 31.0 Å². The van der Waals surface area contributed by atoms with E-state index >= 15 is 0 Å². The molecule has 1 aromatic carbocycles. The smallest absolute Gasteiger partial charge is 0.241 e. The van der Waals surface area contributed by atoms with Gasteiger partial charge in [-0.25, -0.2) is 0 Å². The minimum Gasteiger partial charge on any atom is -0.497 e. The summed E-state index contributed by atoms with van der Waals surface area (Å²) in [5, 5.41) is 12.5. The number of amides is 1. The first-order chi connectivity index (χ1) is 11.7. The molecule has 2 heterocycles. The summed E-state index contributed by atoms with van der Waals surface area (Å²) in [4.78, 5) is 14.4. The molecule has 0 bridgehead atoms. The maximum atomic E-state index is 12.7. The van der Waals surface area contributed by atoms with Crippen molar-refractivity contribution in [3.05, 3.63) is 23.8 Å². The lowest BCUT2D eigenvalue weighted by atomic mass is 10.1. The first kappa shape index (κ1) is 19.7. The van der Waals surface area contributed by atoms with Crippen LogP contribution in [0.3, 0.4) is 0 Å². The van der Waals surface area contributed by atoms with Crippen molar-refractivity contribution in [2.24, 2.45) is 0 Å². The lowest BCUT2D eigenvalue weighted by Crippen LogP contribution is -2.46. The molecule has 2 aliphatic heterocycles. The normalized spacial score (nSPS) is 25.2. The molecule has 136 valence electrons. The summed E-state index contributed by atoms with van der Waals surface area (Å²) in [6, 6.07) is 7.33. The summed E-state index contributed by atoms with van der Waals surface area (Å²) in [5.41, 5.74) is 0.968. The molecule has 0 aromatic heterocycles. The Hall–Kier alpha value is -1.62. The van der Waals surface area contributed by atoms with Gasteiger partial charge in [-0.15, -0.1) is 24.2 Å². The number of nitrogens with zero attached hydrogens (tertiary/aromatic N) is 2. The molecule has 2 fully saturated rings. The molecule has 0 saturated carbocycles. The van der Waals surface area contributed by atoms with Gasteiger partial charge in [-0.2, -0.15) is 5.26 Å².